The highest BCUT2D eigenvalue weighted by atomic mass is 16.5. The van der Waals surface area contributed by atoms with Crippen LogP contribution in [0.2, 0.25) is 0 Å². The molecular weight excluding hydrogens is 236 g/mol. The summed E-state index contributed by atoms with van der Waals surface area (Å²) in [5.74, 6) is -0.00140. The Morgan fingerprint density at radius 1 is 0.842 bits per heavy atom. The molecule has 19 heavy (non-hydrogen) atoms. The molecule has 0 aliphatic carbocycles. The van der Waals surface area contributed by atoms with Crippen LogP contribution in [0.5, 0.6) is 0 Å². The van der Waals surface area contributed by atoms with Crippen LogP contribution in [0.1, 0.15) is 97.8 Å². The summed E-state index contributed by atoms with van der Waals surface area (Å²) in [7, 11) is 0. The van der Waals surface area contributed by atoms with Crippen LogP contribution in [0.4, 0.5) is 0 Å². The zero-order valence-corrected chi connectivity index (χ0v) is 13.4. The fourth-order valence-corrected chi connectivity index (χ4v) is 2.25. The number of hydrogen-bond donors (Lipinski definition) is 0. The lowest BCUT2D eigenvalue weighted by molar-refractivity contribution is -0.148. The van der Waals surface area contributed by atoms with E-state index in [1.807, 2.05) is 6.92 Å². The standard InChI is InChI=1S/C17H34O2/c1-4-6-8-10-11-13-15-17(18)19-16(3)14-12-9-7-5-2/h16H,4-15H2,1-3H3/t16-/m0/s1. The van der Waals surface area contributed by atoms with Crippen molar-refractivity contribution in [2.45, 2.75) is 104 Å². The lowest BCUT2D eigenvalue weighted by Gasteiger charge is -2.13. The second kappa shape index (κ2) is 13.9. The van der Waals surface area contributed by atoms with Gasteiger partial charge in [0.15, 0.2) is 0 Å². The molecule has 0 aromatic rings. The second-order valence-corrected chi connectivity index (χ2v) is 5.67. The zero-order valence-electron chi connectivity index (χ0n) is 13.4. The molecule has 114 valence electrons. The maximum absolute atomic E-state index is 11.6. The molecule has 0 spiro atoms. The second-order valence-electron chi connectivity index (χ2n) is 5.67. The van der Waals surface area contributed by atoms with Crippen molar-refractivity contribution in [3.8, 4) is 0 Å². The molecule has 0 bridgehead atoms. The van der Waals surface area contributed by atoms with Gasteiger partial charge >= 0.3 is 5.97 Å². The van der Waals surface area contributed by atoms with Gasteiger partial charge in [0.05, 0.1) is 6.10 Å². The van der Waals surface area contributed by atoms with Crippen molar-refractivity contribution < 1.29 is 9.53 Å². The van der Waals surface area contributed by atoms with Gasteiger partial charge in [-0.25, -0.2) is 0 Å². The molecule has 0 heterocycles. The Morgan fingerprint density at radius 2 is 1.37 bits per heavy atom. The fraction of sp³-hybridized carbons (Fsp3) is 0.941. The van der Waals surface area contributed by atoms with E-state index in [4.69, 9.17) is 4.74 Å². The van der Waals surface area contributed by atoms with Crippen molar-refractivity contribution in [1.29, 1.82) is 0 Å². The van der Waals surface area contributed by atoms with E-state index in [2.05, 4.69) is 13.8 Å². The van der Waals surface area contributed by atoms with Gasteiger partial charge in [0.25, 0.3) is 0 Å². The van der Waals surface area contributed by atoms with Gasteiger partial charge in [0, 0.05) is 6.42 Å². The first-order chi connectivity index (χ1) is 9.20. The number of carbonyl (C=O) groups is 1. The lowest BCUT2D eigenvalue weighted by Crippen LogP contribution is -2.14. The van der Waals surface area contributed by atoms with Crippen LogP contribution in [-0.2, 0) is 9.53 Å². The highest BCUT2D eigenvalue weighted by Crippen LogP contribution is 2.11. The average molecular weight is 270 g/mol. The van der Waals surface area contributed by atoms with E-state index in [0.29, 0.717) is 6.42 Å². The highest BCUT2D eigenvalue weighted by Gasteiger charge is 2.08. The van der Waals surface area contributed by atoms with Crippen LogP contribution >= 0.6 is 0 Å². The SMILES string of the molecule is CCCCCCCCC(=O)O[C@@H](C)CCCCCC. The number of rotatable bonds is 13. The third kappa shape index (κ3) is 13.7. The van der Waals surface area contributed by atoms with E-state index >= 15 is 0 Å². The Hall–Kier alpha value is -0.530. The summed E-state index contributed by atoms with van der Waals surface area (Å²) in [6, 6.07) is 0. The molecule has 0 saturated carbocycles. The Bertz CT molecular complexity index is 201. The summed E-state index contributed by atoms with van der Waals surface area (Å²) in [4.78, 5) is 11.6. The summed E-state index contributed by atoms with van der Waals surface area (Å²) in [5.41, 5.74) is 0. The van der Waals surface area contributed by atoms with E-state index in [1.165, 1.54) is 57.8 Å². The summed E-state index contributed by atoms with van der Waals surface area (Å²) in [5, 5.41) is 0. The molecule has 2 heteroatoms. The molecule has 1 atom stereocenters. The maximum atomic E-state index is 11.6. The molecule has 0 aromatic carbocycles. The third-order valence-corrected chi connectivity index (χ3v) is 3.53. The molecule has 0 unspecified atom stereocenters. The number of esters is 1. The van der Waals surface area contributed by atoms with Crippen LogP contribution < -0.4 is 0 Å². The van der Waals surface area contributed by atoms with E-state index in [0.717, 1.165) is 12.8 Å². The molecule has 0 radical (unpaired) electrons. The van der Waals surface area contributed by atoms with Crippen LogP contribution in [0, 0.1) is 0 Å². The van der Waals surface area contributed by atoms with Crippen molar-refractivity contribution in [3.05, 3.63) is 0 Å². The van der Waals surface area contributed by atoms with Gasteiger partial charge < -0.3 is 4.74 Å². The minimum absolute atomic E-state index is 0.00140. The highest BCUT2D eigenvalue weighted by molar-refractivity contribution is 5.69. The third-order valence-electron chi connectivity index (χ3n) is 3.53. The zero-order chi connectivity index (χ0) is 14.3. The molecule has 0 N–H and O–H groups in total. The largest absolute Gasteiger partial charge is 0.463 e. The lowest BCUT2D eigenvalue weighted by atomic mass is 10.1. The maximum Gasteiger partial charge on any atom is 0.306 e. The summed E-state index contributed by atoms with van der Waals surface area (Å²) in [6.45, 7) is 6.45. The first-order valence-corrected chi connectivity index (χ1v) is 8.40. The number of ether oxygens (including phenoxy) is 1. The molecule has 0 aromatic heterocycles. The molecule has 2 nitrogen and oxygen atoms in total. The molecule has 0 rings (SSSR count). The molecular formula is C17H34O2. The van der Waals surface area contributed by atoms with Crippen molar-refractivity contribution in [2.75, 3.05) is 0 Å². The van der Waals surface area contributed by atoms with Gasteiger partial charge in [0.2, 0.25) is 0 Å². The smallest absolute Gasteiger partial charge is 0.306 e. The van der Waals surface area contributed by atoms with Gasteiger partial charge in [-0.2, -0.15) is 0 Å². The van der Waals surface area contributed by atoms with Gasteiger partial charge in [0.1, 0.15) is 0 Å². The van der Waals surface area contributed by atoms with Gasteiger partial charge in [-0.3, -0.25) is 4.79 Å². The normalized spacial score (nSPS) is 12.4. The Balaban J connectivity index is 3.36. The predicted molar refractivity (Wildman–Crippen MR) is 82.3 cm³/mol. The Kier molecular flexibility index (Phi) is 13.5. The summed E-state index contributed by atoms with van der Waals surface area (Å²) in [6.07, 6.45) is 14.0. The molecule has 0 saturated heterocycles. The van der Waals surface area contributed by atoms with Crippen molar-refractivity contribution in [3.63, 3.8) is 0 Å². The van der Waals surface area contributed by atoms with Crippen molar-refractivity contribution >= 4 is 5.97 Å². The molecule has 0 aliphatic rings. The Labute approximate surface area is 120 Å². The molecule has 0 amide bonds. The van der Waals surface area contributed by atoms with Crippen LogP contribution in [0.15, 0.2) is 0 Å². The first kappa shape index (κ1) is 18.5. The van der Waals surface area contributed by atoms with Gasteiger partial charge in [-0.1, -0.05) is 65.2 Å². The summed E-state index contributed by atoms with van der Waals surface area (Å²) >= 11 is 0. The molecule has 0 aliphatic heterocycles. The number of hydrogen-bond acceptors (Lipinski definition) is 2. The molecule has 0 fully saturated rings. The van der Waals surface area contributed by atoms with E-state index in [1.54, 1.807) is 0 Å². The van der Waals surface area contributed by atoms with Crippen molar-refractivity contribution in [1.82, 2.24) is 0 Å². The number of unbranched alkanes of at least 4 members (excludes halogenated alkanes) is 8. The van der Waals surface area contributed by atoms with Crippen LogP contribution in [0.25, 0.3) is 0 Å². The monoisotopic (exact) mass is 270 g/mol. The average Bonchev–Trinajstić information content (AvgIpc) is 2.39. The van der Waals surface area contributed by atoms with Crippen LogP contribution in [0.3, 0.4) is 0 Å². The minimum atomic E-state index is -0.00140. The number of carbonyl (C=O) groups excluding carboxylic acids is 1. The van der Waals surface area contributed by atoms with E-state index in [-0.39, 0.29) is 12.1 Å². The van der Waals surface area contributed by atoms with E-state index in [9.17, 15) is 4.79 Å². The first-order valence-electron chi connectivity index (χ1n) is 8.40. The fourth-order valence-electron chi connectivity index (χ4n) is 2.25. The van der Waals surface area contributed by atoms with Crippen molar-refractivity contribution in [2.24, 2.45) is 0 Å². The minimum Gasteiger partial charge on any atom is -0.463 e. The van der Waals surface area contributed by atoms with Gasteiger partial charge in [-0.15, -0.1) is 0 Å². The quantitative estimate of drug-likeness (QED) is 0.320. The summed E-state index contributed by atoms with van der Waals surface area (Å²) < 4.78 is 5.42. The predicted octanol–water partition coefficient (Wildman–Crippen LogP) is 5.64. The van der Waals surface area contributed by atoms with E-state index < -0.39 is 0 Å². The Morgan fingerprint density at radius 3 is 2.00 bits per heavy atom. The van der Waals surface area contributed by atoms with Gasteiger partial charge in [-0.05, 0) is 26.2 Å². The van der Waals surface area contributed by atoms with Crippen LogP contribution in [-0.4, -0.2) is 12.1 Å². The topological polar surface area (TPSA) is 26.3 Å².